The summed E-state index contributed by atoms with van der Waals surface area (Å²) < 4.78 is 19.9. The van der Waals surface area contributed by atoms with Gasteiger partial charge in [0, 0.05) is 31.4 Å². The van der Waals surface area contributed by atoms with E-state index in [-0.39, 0.29) is 24.1 Å². The van der Waals surface area contributed by atoms with Crippen molar-refractivity contribution >= 4 is 17.8 Å². The lowest BCUT2D eigenvalue weighted by Crippen LogP contribution is -2.42. The number of nitrogens with zero attached hydrogens (tertiary/aromatic N) is 2. The molecule has 2 aromatic rings. The van der Waals surface area contributed by atoms with E-state index >= 15 is 0 Å². The van der Waals surface area contributed by atoms with Gasteiger partial charge in [-0.15, -0.1) is 11.3 Å². The van der Waals surface area contributed by atoms with E-state index in [1.54, 1.807) is 23.5 Å². The standard InChI is InChI=1S/C21H27FN2O2S.CH2O2/c1-13-3-4-18(22)20(7-13)26-21-9-16-11-24(10-15(16)8-19(21)25)6-5-17-12-27-14(2)23-17;2-1-3/h3-4,7,12,15-16,19,21,25H,5-6,8-11H2,1-2H3;1H,(H,2,3)/t15-,16+,19+,21+;/m0./s1. The summed E-state index contributed by atoms with van der Waals surface area (Å²) in [5.41, 5.74) is 2.13. The maximum atomic E-state index is 14.0. The minimum atomic E-state index is -0.535. The summed E-state index contributed by atoms with van der Waals surface area (Å²) in [5.74, 6) is 0.899. The van der Waals surface area contributed by atoms with E-state index in [0.717, 1.165) is 49.5 Å². The number of thiazole rings is 1. The number of rotatable bonds is 5. The molecule has 1 saturated heterocycles. The molecule has 4 rings (SSSR count). The molecule has 1 aromatic carbocycles. The van der Waals surface area contributed by atoms with Crippen molar-refractivity contribution in [2.45, 2.75) is 45.3 Å². The van der Waals surface area contributed by atoms with Crippen molar-refractivity contribution in [2.24, 2.45) is 11.8 Å². The molecule has 4 atom stereocenters. The number of aliphatic hydroxyl groups is 1. The van der Waals surface area contributed by atoms with Crippen molar-refractivity contribution in [3.63, 3.8) is 0 Å². The number of hydrogen-bond acceptors (Lipinski definition) is 6. The zero-order valence-electron chi connectivity index (χ0n) is 17.3. The summed E-state index contributed by atoms with van der Waals surface area (Å²) >= 11 is 1.70. The van der Waals surface area contributed by atoms with Gasteiger partial charge in [-0.25, -0.2) is 9.37 Å². The predicted molar refractivity (Wildman–Crippen MR) is 113 cm³/mol. The van der Waals surface area contributed by atoms with Gasteiger partial charge in [0.25, 0.3) is 6.47 Å². The first-order chi connectivity index (χ1) is 14.4. The Balaban J connectivity index is 0.000000806. The van der Waals surface area contributed by atoms with Gasteiger partial charge in [0.2, 0.25) is 0 Å². The highest BCUT2D eigenvalue weighted by Gasteiger charge is 2.42. The normalized spacial score (nSPS) is 25.9. The van der Waals surface area contributed by atoms with E-state index in [4.69, 9.17) is 14.6 Å². The summed E-state index contributed by atoms with van der Waals surface area (Å²) in [6.45, 7) is 6.76. The third-order valence-electron chi connectivity index (χ3n) is 5.88. The molecule has 1 aliphatic carbocycles. The van der Waals surface area contributed by atoms with Crippen LogP contribution in [0.25, 0.3) is 0 Å². The molecule has 0 spiro atoms. The number of aliphatic hydroxyl groups excluding tert-OH is 1. The second-order valence-electron chi connectivity index (χ2n) is 8.12. The second kappa shape index (κ2) is 10.3. The molecule has 0 unspecified atom stereocenters. The zero-order chi connectivity index (χ0) is 21.7. The van der Waals surface area contributed by atoms with Crippen LogP contribution in [0.5, 0.6) is 5.75 Å². The van der Waals surface area contributed by atoms with Crippen LogP contribution in [0.15, 0.2) is 23.6 Å². The van der Waals surface area contributed by atoms with Crippen LogP contribution >= 0.6 is 11.3 Å². The van der Waals surface area contributed by atoms with Crippen molar-refractivity contribution in [3.8, 4) is 5.75 Å². The third kappa shape index (κ3) is 5.77. The van der Waals surface area contributed by atoms with Gasteiger partial charge in [-0.05, 0) is 56.2 Å². The number of ether oxygens (including phenoxy) is 1. The van der Waals surface area contributed by atoms with Crippen LogP contribution in [0.1, 0.15) is 29.1 Å². The molecule has 6 nitrogen and oxygen atoms in total. The highest BCUT2D eigenvalue weighted by Crippen LogP contribution is 2.38. The molecule has 1 aliphatic heterocycles. The van der Waals surface area contributed by atoms with Gasteiger partial charge >= 0.3 is 0 Å². The summed E-state index contributed by atoms with van der Waals surface area (Å²) in [7, 11) is 0. The number of aryl methyl sites for hydroxylation is 2. The van der Waals surface area contributed by atoms with Gasteiger partial charge in [0.05, 0.1) is 16.8 Å². The molecule has 164 valence electrons. The Bertz CT molecular complexity index is 846. The Hall–Kier alpha value is -2.03. The summed E-state index contributed by atoms with van der Waals surface area (Å²) in [6.07, 6.45) is 1.62. The molecule has 2 aliphatic rings. The largest absolute Gasteiger partial charge is 0.485 e. The van der Waals surface area contributed by atoms with Crippen LogP contribution in [0.2, 0.25) is 0 Å². The lowest BCUT2D eigenvalue weighted by Gasteiger charge is -2.35. The van der Waals surface area contributed by atoms with Crippen molar-refractivity contribution in [1.29, 1.82) is 0 Å². The molecule has 0 radical (unpaired) electrons. The second-order valence-corrected chi connectivity index (χ2v) is 9.18. The van der Waals surface area contributed by atoms with Crippen LogP contribution in [-0.2, 0) is 11.2 Å². The van der Waals surface area contributed by atoms with E-state index in [1.165, 1.54) is 11.8 Å². The SMILES string of the molecule is Cc1ccc(F)c(O[C@@H]2C[C@@H]3CN(CCc4csc(C)n4)C[C@@H]3C[C@H]2O)c1.O=CO. The Morgan fingerprint density at radius 3 is 2.67 bits per heavy atom. The van der Waals surface area contributed by atoms with E-state index < -0.39 is 6.10 Å². The zero-order valence-corrected chi connectivity index (χ0v) is 18.1. The van der Waals surface area contributed by atoms with Crippen LogP contribution in [0.4, 0.5) is 4.39 Å². The highest BCUT2D eigenvalue weighted by atomic mass is 32.1. The highest BCUT2D eigenvalue weighted by molar-refractivity contribution is 7.09. The number of benzene rings is 1. The number of halogens is 1. The first-order valence-electron chi connectivity index (χ1n) is 10.2. The molecule has 2 N–H and O–H groups in total. The molecule has 2 fully saturated rings. The van der Waals surface area contributed by atoms with Gasteiger partial charge in [0.15, 0.2) is 11.6 Å². The average molecular weight is 437 g/mol. The number of likely N-dealkylation sites (tertiary alicyclic amines) is 1. The number of carboxylic acid groups (broad SMARTS) is 1. The maximum absolute atomic E-state index is 14.0. The minimum absolute atomic E-state index is 0.250. The molecule has 2 heterocycles. The number of hydrogen-bond donors (Lipinski definition) is 2. The van der Waals surface area contributed by atoms with Crippen LogP contribution in [0.3, 0.4) is 0 Å². The first kappa shape index (κ1) is 22.7. The summed E-state index contributed by atoms with van der Waals surface area (Å²) in [5, 5.41) is 20.7. The molecule has 0 amide bonds. The number of aromatic nitrogens is 1. The van der Waals surface area contributed by atoms with Gasteiger partial charge in [-0.2, -0.15) is 0 Å². The smallest absolute Gasteiger partial charge is 0.290 e. The topological polar surface area (TPSA) is 82.9 Å². The Morgan fingerprint density at radius 1 is 1.30 bits per heavy atom. The molecular formula is C22H29FN2O4S. The summed E-state index contributed by atoms with van der Waals surface area (Å²) in [4.78, 5) is 15.4. The van der Waals surface area contributed by atoms with Crippen molar-refractivity contribution in [2.75, 3.05) is 19.6 Å². The number of fused-ring (bicyclic) bond motifs is 1. The van der Waals surface area contributed by atoms with Gasteiger partial charge in [-0.3, -0.25) is 4.79 Å². The first-order valence-corrected chi connectivity index (χ1v) is 11.1. The molecule has 0 bridgehead atoms. The Morgan fingerprint density at radius 2 is 2.00 bits per heavy atom. The lowest BCUT2D eigenvalue weighted by molar-refractivity contribution is -0.122. The lowest BCUT2D eigenvalue weighted by atomic mass is 9.78. The maximum Gasteiger partial charge on any atom is 0.290 e. The van der Waals surface area contributed by atoms with Crippen LogP contribution in [0, 0.1) is 31.5 Å². The minimum Gasteiger partial charge on any atom is -0.485 e. The van der Waals surface area contributed by atoms with Gasteiger partial charge in [0.1, 0.15) is 6.10 Å². The molecule has 1 saturated carbocycles. The molecule has 1 aromatic heterocycles. The van der Waals surface area contributed by atoms with Gasteiger partial charge in [-0.1, -0.05) is 6.07 Å². The fourth-order valence-electron chi connectivity index (χ4n) is 4.46. The third-order valence-corrected chi connectivity index (χ3v) is 6.70. The Kier molecular flexibility index (Phi) is 7.80. The van der Waals surface area contributed by atoms with Crippen LogP contribution < -0.4 is 4.74 Å². The van der Waals surface area contributed by atoms with Crippen molar-refractivity contribution in [3.05, 3.63) is 45.7 Å². The Labute approximate surface area is 180 Å². The summed E-state index contributed by atoms with van der Waals surface area (Å²) in [6, 6.07) is 4.87. The molecule has 8 heteroatoms. The van der Waals surface area contributed by atoms with E-state index in [9.17, 15) is 9.50 Å². The fraction of sp³-hybridized carbons (Fsp3) is 0.545. The molecule has 30 heavy (non-hydrogen) atoms. The number of carbonyl (C=O) groups is 1. The van der Waals surface area contributed by atoms with Gasteiger partial charge < -0.3 is 19.8 Å². The monoisotopic (exact) mass is 436 g/mol. The van der Waals surface area contributed by atoms with E-state index in [0.29, 0.717) is 11.8 Å². The van der Waals surface area contributed by atoms with E-state index in [1.807, 2.05) is 13.8 Å². The predicted octanol–water partition coefficient (Wildman–Crippen LogP) is 3.29. The van der Waals surface area contributed by atoms with Crippen LogP contribution in [-0.4, -0.2) is 58.4 Å². The average Bonchev–Trinajstić information content (AvgIpc) is 3.29. The van der Waals surface area contributed by atoms with Crippen molar-refractivity contribution in [1.82, 2.24) is 9.88 Å². The van der Waals surface area contributed by atoms with Crippen molar-refractivity contribution < 1.29 is 24.1 Å². The van der Waals surface area contributed by atoms with E-state index in [2.05, 4.69) is 15.3 Å². The molecular weight excluding hydrogens is 407 g/mol. The quantitative estimate of drug-likeness (QED) is 0.700. The fourth-order valence-corrected chi connectivity index (χ4v) is 5.10.